The van der Waals surface area contributed by atoms with Crippen molar-refractivity contribution in [1.82, 2.24) is 0 Å². The number of benzene rings is 1. The Labute approximate surface area is 147 Å². The maximum absolute atomic E-state index is 12.4. The summed E-state index contributed by atoms with van der Waals surface area (Å²) in [5.41, 5.74) is 5.91. The van der Waals surface area contributed by atoms with Crippen molar-refractivity contribution in [2.75, 3.05) is 5.32 Å². The molecule has 2 nitrogen and oxygen atoms in total. The van der Waals surface area contributed by atoms with Crippen molar-refractivity contribution < 1.29 is 4.79 Å². The van der Waals surface area contributed by atoms with Crippen LogP contribution in [0.3, 0.4) is 0 Å². The lowest BCUT2D eigenvalue weighted by molar-refractivity contribution is -0.110. The van der Waals surface area contributed by atoms with Crippen LogP contribution in [0.4, 0.5) is 5.69 Å². The standard InChI is InChI=1S/C18H18BrNO.C2H6/c1-10(2)11-5-6-14-13(7-11)16(17(21)20-14)12-8-15(19)18(3,4)9-12;1-2/h5-8H,1,9H2,2-4H3,(H,20,21);1-2H3/b16-12+;. The smallest absolute Gasteiger partial charge is 0.256 e. The van der Waals surface area contributed by atoms with Gasteiger partial charge in [0.05, 0.1) is 5.57 Å². The topological polar surface area (TPSA) is 29.1 Å². The molecule has 3 heteroatoms. The summed E-state index contributed by atoms with van der Waals surface area (Å²) in [7, 11) is 0. The molecule has 0 aromatic heterocycles. The SMILES string of the molecule is C=C(C)c1ccc2c(c1)/C(=C1/C=C(Br)C(C)(C)C1)C(=O)N2.CC. The van der Waals surface area contributed by atoms with E-state index in [1.807, 2.05) is 32.9 Å². The zero-order valence-corrected chi connectivity index (χ0v) is 16.1. The highest BCUT2D eigenvalue weighted by atomic mass is 79.9. The van der Waals surface area contributed by atoms with Gasteiger partial charge >= 0.3 is 0 Å². The first-order valence-corrected chi connectivity index (χ1v) is 8.81. The summed E-state index contributed by atoms with van der Waals surface area (Å²) in [5.74, 6) is -0.00637. The Hall–Kier alpha value is -1.61. The number of amides is 1. The van der Waals surface area contributed by atoms with Crippen molar-refractivity contribution in [2.24, 2.45) is 5.41 Å². The van der Waals surface area contributed by atoms with E-state index in [0.29, 0.717) is 0 Å². The van der Waals surface area contributed by atoms with Gasteiger partial charge in [0, 0.05) is 21.1 Å². The molecule has 0 atom stereocenters. The minimum Gasteiger partial charge on any atom is -0.321 e. The Morgan fingerprint density at radius 3 is 2.48 bits per heavy atom. The second-order valence-electron chi connectivity index (χ2n) is 6.45. The number of fused-ring (bicyclic) bond motifs is 1. The molecule has 3 rings (SSSR count). The van der Waals surface area contributed by atoms with Gasteiger partial charge in [-0.2, -0.15) is 0 Å². The average molecular weight is 374 g/mol. The Morgan fingerprint density at radius 2 is 1.96 bits per heavy atom. The van der Waals surface area contributed by atoms with E-state index in [1.54, 1.807) is 0 Å². The van der Waals surface area contributed by atoms with Gasteiger partial charge in [0.25, 0.3) is 5.91 Å². The quantitative estimate of drug-likeness (QED) is 0.586. The number of nitrogens with one attached hydrogen (secondary N) is 1. The summed E-state index contributed by atoms with van der Waals surface area (Å²) >= 11 is 3.63. The normalized spacial score (nSPS) is 21.1. The van der Waals surface area contributed by atoms with Crippen molar-refractivity contribution in [1.29, 1.82) is 0 Å². The molecule has 0 fully saturated rings. The van der Waals surface area contributed by atoms with Crippen LogP contribution in [0, 0.1) is 5.41 Å². The van der Waals surface area contributed by atoms with Crippen LogP contribution in [0.1, 0.15) is 52.2 Å². The molecule has 1 aliphatic carbocycles. The van der Waals surface area contributed by atoms with Crippen molar-refractivity contribution in [3.8, 4) is 0 Å². The van der Waals surface area contributed by atoms with Gasteiger partial charge < -0.3 is 5.32 Å². The fraction of sp³-hybridized carbons (Fsp3) is 0.350. The minimum absolute atomic E-state index is 0.00637. The zero-order chi connectivity index (χ0) is 17.4. The lowest BCUT2D eigenvalue weighted by Gasteiger charge is -2.17. The third kappa shape index (κ3) is 3.20. The van der Waals surface area contributed by atoms with E-state index >= 15 is 0 Å². The van der Waals surface area contributed by atoms with Gasteiger partial charge in [0.15, 0.2) is 0 Å². The van der Waals surface area contributed by atoms with Crippen LogP contribution < -0.4 is 5.32 Å². The fourth-order valence-corrected chi connectivity index (χ4v) is 3.29. The van der Waals surface area contributed by atoms with Gasteiger partial charge in [-0.1, -0.05) is 61.8 Å². The molecule has 0 unspecified atom stereocenters. The lowest BCUT2D eigenvalue weighted by Crippen LogP contribution is -2.08. The Kier molecular flexibility index (Phi) is 5.00. The number of anilines is 1. The number of rotatable bonds is 1. The molecule has 0 saturated heterocycles. The van der Waals surface area contributed by atoms with E-state index < -0.39 is 0 Å². The van der Waals surface area contributed by atoms with E-state index in [9.17, 15) is 4.79 Å². The van der Waals surface area contributed by atoms with E-state index in [2.05, 4.69) is 53.8 Å². The van der Waals surface area contributed by atoms with E-state index in [4.69, 9.17) is 0 Å². The minimum atomic E-state index is -0.00637. The van der Waals surface area contributed by atoms with Crippen LogP contribution in [0.2, 0.25) is 0 Å². The third-order valence-corrected chi connectivity index (χ3v) is 5.46. The van der Waals surface area contributed by atoms with Crippen molar-refractivity contribution in [2.45, 2.75) is 41.0 Å². The van der Waals surface area contributed by atoms with Crippen LogP contribution in [0.25, 0.3) is 11.1 Å². The third-order valence-electron chi connectivity index (χ3n) is 4.16. The molecular weight excluding hydrogens is 350 g/mol. The van der Waals surface area contributed by atoms with E-state index in [1.165, 1.54) is 0 Å². The molecule has 0 bridgehead atoms. The van der Waals surface area contributed by atoms with Crippen LogP contribution in [0.5, 0.6) is 0 Å². The van der Waals surface area contributed by atoms with Crippen LogP contribution >= 0.6 is 15.9 Å². The van der Waals surface area contributed by atoms with Crippen LogP contribution in [0.15, 0.2) is 40.9 Å². The molecule has 1 N–H and O–H groups in total. The summed E-state index contributed by atoms with van der Waals surface area (Å²) < 4.78 is 1.15. The second kappa shape index (κ2) is 6.48. The van der Waals surface area contributed by atoms with Crippen molar-refractivity contribution in [3.63, 3.8) is 0 Å². The van der Waals surface area contributed by atoms with Gasteiger partial charge in [0.1, 0.15) is 0 Å². The predicted octanol–water partition coefficient (Wildman–Crippen LogP) is 6.16. The number of carbonyl (C=O) groups is 1. The number of hydrogen-bond acceptors (Lipinski definition) is 1. The van der Waals surface area contributed by atoms with Crippen molar-refractivity contribution in [3.05, 3.63) is 52.0 Å². The molecule has 1 aromatic carbocycles. The first-order chi connectivity index (χ1) is 10.8. The fourth-order valence-electron chi connectivity index (χ4n) is 2.87. The second-order valence-corrected chi connectivity index (χ2v) is 7.30. The van der Waals surface area contributed by atoms with Gasteiger partial charge in [0.2, 0.25) is 0 Å². The Morgan fingerprint density at radius 1 is 1.30 bits per heavy atom. The number of allylic oxidation sites excluding steroid dienone is 4. The highest BCUT2D eigenvalue weighted by Crippen LogP contribution is 2.48. The number of hydrogen-bond donors (Lipinski definition) is 1. The van der Waals surface area contributed by atoms with Gasteiger partial charge in [-0.05, 0) is 42.7 Å². The molecule has 1 heterocycles. The molecular formula is C20H24BrNO. The number of halogens is 1. The molecule has 0 radical (unpaired) electrons. The van der Waals surface area contributed by atoms with E-state index in [-0.39, 0.29) is 11.3 Å². The molecule has 0 saturated carbocycles. The molecule has 23 heavy (non-hydrogen) atoms. The molecule has 1 amide bonds. The highest BCUT2D eigenvalue weighted by Gasteiger charge is 2.34. The first kappa shape index (κ1) is 17.7. The summed E-state index contributed by atoms with van der Waals surface area (Å²) in [6, 6.07) is 6.02. The van der Waals surface area contributed by atoms with E-state index in [0.717, 1.165) is 44.4 Å². The van der Waals surface area contributed by atoms with Gasteiger partial charge in [-0.15, -0.1) is 0 Å². The monoisotopic (exact) mass is 373 g/mol. The highest BCUT2D eigenvalue weighted by molar-refractivity contribution is 9.11. The lowest BCUT2D eigenvalue weighted by atomic mass is 9.89. The molecule has 0 spiro atoms. The van der Waals surface area contributed by atoms with Crippen LogP contribution in [-0.2, 0) is 4.79 Å². The maximum Gasteiger partial charge on any atom is 0.256 e. The Bertz CT molecular complexity index is 738. The van der Waals surface area contributed by atoms with Gasteiger partial charge in [-0.3, -0.25) is 4.79 Å². The first-order valence-electron chi connectivity index (χ1n) is 8.02. The Balaban J connectivity index is 0.000000924. The number of carbonyl (C=O) groups excluding carboxylic acids is 1. The molecule has 1 aliphatic heterocycles. The predicted molar refractivity (Wildman–Crippen MR) is 103 cm³/mol. The summed E-state index contributed by atoms with van der Waals surface area (Å²) in [4.78, 5) is 12.4. The summed E-state index contributed by atoms with van der Waals surface area (Å²) in [6.07, 6.45) is 2.96. The molecule has 2 aliphatic rings. The summed E-state index contributed by atoms with van der Waals surface area (Å²) in [5, 5.41) is 2.96. The van der Waals surface area contributed by atoms with Gasteiger partial charge in [-0.25, -0.2) is 0 Å². The van der Waals surface area contributed by atoms with Crippen molar-refractivity contribution >= 4 is 38.7 Å². The summed E-state index contributed by atoms with van der Waals surface area (Å²) in [6.45, 7) is 14.3. The average Bonchev–Trinajstić information content (AvgIpc) is 2.95. The zero-order valence-electron chi connectivity index (χ0n) is 14.5. The largest absolute Gasteiger partial charge is 0.321 e. The molecule has 122 valence electrons. The molecule has 1 aromatic rings. The maximum atomic E-state index is 12.4. The van der Waals surface area contributed by atoms with Crippen LogP contribution in [-0.4, -0.2) is 5.91 Å².